The second kappa shape index (κ2) is 40.0. The van der Waals surface area contributed by atoms with Gasteiger partial charge < -0.3 is 95.5 Å². The number of aliphatic hydroxyl groups is 2. The third kappa shape index (κ3) is 23.0. The van der Waals surface area contributed by atoms with Gasteiger partial charge in [0.05, 0.1) is 73.6 Å². The Hall–Kier alpha value is -9.28. The van der Waals surface area contributed by atoms with Gasteiger partial charge in [-0.2, -0.15) is 0 Å². The standard InChI is InChI=1S/C88H105NO28/c1-51(91)107-69-63(49-105-83(97)86(4,5)6)113-82(115-70-64(50-106-84(98)87(7,8)9)112-80(104-47-58-38-26-17-27-39-58)75(73(70)108-52(2)92)117-85(99)88(10,11)12)76(109-53(3)93)74(69)116-79-65(89-77(95)59-40-28-29-41-60(59)78(89)96)71(102-45-56-34-22-15-23-35-56)68(62(111-79)48-100-43-54-30-18-13-19-31-54)114-81-72(103-46-57-36-24-16-25-37-57)66(94)67(61(42-90)110-81)101-44-55-32-20-14-21-33-55/h13-41,61-76,79-82,90,94H,42-50H2,1-12H3/t61-,62-,63-,64-,65-,66+,67+,68-,69+,70-,71-,72-,73+,74+,75-,76-,79+,80-,81+,82+/m1/s1. The van der Waals surface area contributed by atoms with Gasteiger partial charge in [-0.05, 0) is 102 Å². The van der Waals surface area contributed by atoms with Crippen molar-refractivity contribution in [1.82, 2.24) is 4.90 Å². The molecule has 4 fully saturated rings. The van der Waals surface area contributed by atoms with Gasteiger partial charge in [-0.25, -0.2) is 0 Å². The largest absolute Gasteiger partial charge is 0.462 e. The molecule has 0 radical (unpaired) electrons. The third-order valence-electron chi connectivity index (χ3n) is 19.8. The SMILES string of the molecule is CC(=O)O[C@@H]1[C@@H](OC(=O)C(C)(C)C)[C@H](OCc2ccccc2)O[C@H](COC(=O)C(C)(C)C)[C@H]1O[C@@H]1O[C@H](COC(=O)C(C)(C)C)[C@H](OC(C)=O)[C@H](O[C@@H]2O[C@H](COCc3ccccc3)[C@@H](O[C@@H]3O[C@H](CO)[C@H](OCc4ccccc4)[C@H](O)[C@H]3OCc3ccccc3)[C@H](OCc3ccccc3)[C@H]2N2C(=O)c3ccccc3C2=O)[C@H]1OC(C)=O. The number of aliphatic hydroxyl groups excluding tert-OH is 2. The van der Waals surface area contributed by atoms with Crippen molar-refractivity contribution >= 4 is 47.6 Å². The van der Waals surface area contributed by atoms with E-state index in [2.05, 4.69) is 0 Å². The minimum absolute atomic E-state index is 0.0331. The van der Waals surface area contributed by atoms with Crippen LogP contribution in [0.15, 0.2) is 176 Å². The maximum Gasteiger partial charge on any atom is 0.311 e. The smallest absolute Gasteiger partial charge is 0.311 e. The third-order valence-corrected chi connectivity index (χ3v) is 19.8. The van der Waals surface area contributed by atoms with Crippen molar-refractivity contribution < 1.29 is 134 Å². The first-order valence-corrected chi connectivity index (χ1v) is 39.0. The molecule has 5 aliphatic rings. The fourth-order valence-corrected chi connectivity index (χ4v) is 13.9. The Morgan fingerprint density at radius 2 is 0.692 bits per heavy atom. The van der Waals surface area contributed by atoms with E-state index in [-0.39, 0.29) is 44.2 Å². The first-order chi connectivity index (χ1) is 55.8. The fourth-order valence-electron chi connectivity index (χ4n) is 13.9. The summed E-state index contributed by atoms with van der Waals surface area (Å²) in [6.07, 6.45) is -33.3. The lowest BCUT2D eigenvalue weighted by molar-refractivity contribution is -0.388. The number of rotatable bonds is 32. The van der Waals surface area contributed by atoms with Crippen LogP contribution >= 0.6 is 0 Å². The highest BCUT2D eigenvalue weighted by Gasteiger charge is 2.63. The van der Waals surface area contributed by atoms with Crippen LogP contribution in [0.1, 0.15) is 132 Å². The Morgan fingerprint density at radius 1 is 0.350 bits per heavy atom. The summed E-state index contributed by atoms with van der Waals surface area (Å²) in [6, 6.07) is 49.0. The van der Waals surface area contributed by atoms with Crippen molar-refractivity contribution in [3.8, 4) is 0 Å². The van der Waals surface area contributed by atoms with Gasteiger partial charge >= 0.3 is 35.8 Å². The van der Waals surface area contributed by atoms with E-state index in [1.54, 1.807) is 159 Å². The molecule has 29 nitrogen and oxygen atoms in total. The Labute approximate surface area is 679 Å². The number of benzene rings is 6. The summed E-state index contributed by atoms with van der Waals surface area (Å²) in [4.78, 5) is 117. The molecule has 6 aromatic carbocycles. The summed E-state index contributed by atoms with van der Waals surface area (Å²) in [5.74, 6) is -7.20. The van der Waals surface area contributed by atoms with Gasteiger partial charge in [0.15, 0.2) is 49.6 Å². The summed E-state index contributed by atoms with van der Waals surface area (Å²) >= 11 is 0. The zero-order valence-corrected chi connectivity index (χ0v) is 67.6. The lowest BCUT2D eigenvalue weighted by Gasteiger charge is -2.53. The second-order valence-electron chi connectivity index (χ2n) is 32.3. The van der Waals surface area contributed by atoms with Crippen LogP contribution in [0.5, 0.6) is 0 Å². The van der Waals surface area contributed by atoms with Crippen molar-refractivity contribution in [2.45, 2.75) is 239 Å². The normalized spacial score (nSPS) is 28.1. The monoisotopic (exact) mass is 1620 g/mol. The van der Waals surface area contributed by atoms with E-state index in [4.69, 9.17) is 85.3 Å². The molecule has 0 bridgehead atoms. The van der Waals surface area contributed by atoms with Crippen molar-refractivity contribution in [2.24, 2.45) is 16.2 Å². The minimum atomic E-state index is -2.16. The number of carbonyl (C=O) groups is 8. The number of nitrogens with zero attached hydrogens (tertiary/aromatic N) is 1. The number of esters is 6. The summed E-state index contributed by atoms with van der Waals surface area (Å²) in [5.41, 5.74) is -0.411. The molecule has 5 heterocycles. The van der Waals surface area contributed by atoms with E-state index >= 15 is 9.59 Å². The molecule has 5 aliphatic heterocycles. The van der Waals surface area contributed by atoms with Crippen LogP contribution in [0, 0.1) is 16.2 Å². The highest BCUT2D eigenvalue weighted by Crippen LogP contribution is 2.43. The molecule has 4 saturated heterocycles. The number of ether oxygens (including phenoxy) is 18. The van der Waals surface area contributed by atoms with Crippen molar-refractivity contribution in [1.29, 1.82) is 0 Å². The fraction of sp³-hybridized carbons (Fsp3) is 0.500. The van der Waals surface area contributed by atoms with E-state index in [1.807, 2.05) is 66.7 Å². The number of fused-ring (bicyclic) bond motifs is 1. The van der Waals surface area contributed by atoms with E-state index in [0.717, 1.165) is 31.2 Å². The highest BCUT2D eigenvalue weighted by atomic mass is 16.8. The Balaban J connectivity index is 1.09. The predicted molar refractivity (Wildman–Crippen MR) is 412 cm³/mol. The van der Waals surface area contributed by atoms with Gasteiger partial charge in [-0.15, -0.1) is 0 Å². The molecule has 0 unspecified atom stereocenters. The van der Waals surface area contributed by atoms with Gasteiger partial charge in [-0.1, -0.05) is 164 Å². The number of hydrogen-bond donors (Lipinski definition) is 2. The summed E-state index contributed by atoms with van der Waals surface area (Å²) in [5, 5.41) is 24.2. The van der Waals surface area contributed by atoms with E-state index in [1.165, 1.54) is 12.1 Å². The predicted octanol–water partition coefficient (Wildman–Crippen LogP) is 9.18. The van der Waals surface area contributed by atoms with Gasteiger partial charge in [0.25, 0.3) is 11.8 Å². The molecule has 0 aliphatic carbocycles. The quantitative estimate of drug-likeness (QED) is 0.0226. The first kappa shape index (κ1) is 88.5. The Kier molecular flexibility index (Phi) is 30.3. The van der Waals surface area contributed by atoms with Gasteiger partial charge in [0, 0.05) is 20.8 Å². The van der Waals surface area contributed by atoms with Crippen molar-refractivity contribution in [2.75, 3.05) is 26.4 Å². The molecular formula is C88H105NO28. The van der Waals surface area contributed by atoms with E-state index in [0.29, 0.717) is 22.3 Å². The molecule has 0 saturated carbocycles. The maximum absolute atomic E-state index is 15.8. The number of imide groups is 1. The summed E-state index contributed by atoms with van der Waals surface area (Å²) in [6.45, 7) is 14.0. The molecule has 2 N–H and O–H groups in total. The number of carbonyl (C=O) groups excluding carboxylic acids is 8. The molecule has 0 aromatic heterocycles. The summed E-state index contributed by atoms with van der Waals surface area (Å²) < 4.78 is 120. The number of hydrogen-bond acceptors (Lipinski definition) is 28. The molecule has 11 rings (SSSR count). The Bertz CT molecular complexity index is 4240. The van der Waals surface area contributed by atoms with Crippen LogP contribution < -0.4 is 0 Å². The van der Waals surface area contributed by atoms with Crippen LogP contribution in [-0.4, -0.2) is 212 Å². The minimum Gasteiger partial charge on any atom is -0.462 e. The topological polar surface area (TPSA) is 346 Å². The van der Waals surface area contributed by atoms with Crippen LogP contribution in [-0.2, 0) is 147 Å². The zero-order chi connectivity index (χ0) is 83.9. The second-order valence-corrected chi connectivity index (χ2v) is 32.3. The Morgan fingerprint density at radius 3 is 1.15 bits per heavy atom. The lowest BCUT2D eigenvalue weighted by Crippen LogP contribution is -2.71. The molecule has 20 atom stereocenters. The van der Waals surface area contributed by atoms with Gasteiger partial charge in [0.1, 0.15) is 86.4 Å². The molecule has 0 spiro atoms. The lowest BCUT2D eigenvalue weighted by atomic mass is 9.92. The van der Waals surface area contributed by atoms with Crippen LogP contribution in [0.4, 0.5) is 0 Å². The van der Waals surface area contributed by atoms with Crippen molar-refractivity contribution in [3.63, 3.8) is 0 Å². The average Bonchev–Trinajstić information content (AvgIpc) is 1.57. The highest BCUT2D eigenvalue weighted by molar-refractivity contribution is 6.21. The molecular weight excluding hydrogens is 1520 g/mol. The van der Waals surface area contributed by atoms with Crippen LogP contribution in [0.25, 0.3) is 0 Å². The van der Waals surface area contributed by atoms with Gasteiger partial charge in [-0.3, -0.25) is 43.3 Å². The first-order valence-electron chi connectivity index (χ1n) is 39.0. The number of amides is 2. The molecule has 630 valence electrons. The molecule has 117 heavy (non-hydrogen) atoms. The summed E-state index contributed by atoms with van der Waals surface area (Å²) in [7, 11) is 0. The molecule has 6 aromatic rings. The van der Waals surface area contributed by atoms with Crippen LogP contribution in [0.2, 0.25) is 0 Å². The average molecular weight is 1620 g/mol. The van der Waals surface area contributed by atoms with E-state index in [9.17, 15) is 39.0 Å². The zero-order valence-electron chi connectivity index (χ0n) is 67.6. The van der Waals surface area contributed by atoms with Crippen LogP contribution in [0.3, 0.4) is 0 Å². The van der Waals surface area contributed by atoms with E-state index < -0.39 is 213 Å². The molecule has 29 heteroatoms. The maximum atomic E-state index is 15.8. The van der Waals surface area contributed by atoms with Gasteiger partial charge in [0.2, 0.25) is 0 Å². The molecule has 2 amide bonds. The van der Waals surface area contributed by atoms with Crippen molar-refractivity contribution in [3.05, 3.63) is 215 Å².